The lowest BCUT2D eigenvalue weighted by atomic mass is 9.92. The van der Waals surface area contributed by atoms with Crippen LogP contribution in [0.25, 0.3) is 16.7 Å². The fourth-order valence-electron chi connectivity index (χ4n) is 4.22. The highest BCUT2D eigenvalue weighted by molar-refractivity contribution is 6.03. The maximum atomic E-state index is 13.4. The number of imidazole rings is 1. The van der Waals surface area contributed by atoms with Crippen LogP contribution in [0.15, 0.2) is 78.4 Å². The summed E-state index contributed by atoms with van der Waals surface area (Å²) in [7, 11) is 1.61. The molecule has 2 N–H and O–H groups in total. The second-order valence-electron chi connectivity index (χ2n) is 7.65. The van der Waals surface area contributed by atoms with Crippen molar-refractivity contribution in [1.29, 1.82) is 0 Å². The van der Waals surface area contributed by atoms with Crippen LogP contribution in [0.3, 0.4) is 0 Å². The number of ether oxygens (including phenoxy) is 2. The lowest BCUT2D eigenvalue weighted by molar-refractivity contribution is -0.138. The molecule has 0 saturated heterocycles. The van der Waals surface area contributed by atoms with Crippen molar-refractivity contribution in [2.45, 2.75) is 13.0 Å². The Kier molecular flexibility index (Phi) is 5.22. The van der Waals surface area contributed by atoms with Gasteiger partial charge in [-0.1, -0.05) is 24.3 Å². The number of aromatic nitrogens is 2. The second kappa shape index (κ2) is 8.35. The Hall–Kier alpha value is -4.26. The van der Waals surface area contributed by atoms with Crippen molar-refractivity contribution in [3.05, 3.63) is 89.5 Å². The van der Waals surface area contributed by atoms with Crippen LogP contribution in [0.2, 0.25) is 0 Å². The van der Waals surface area contributed by atoms with Crippen LogP contribution in [0, 0.1) is 0 Å². The van der Waals surface area contributed by atoms with E-state index in [2.05, 4.69) is 5.32 Å². The molecule has 0 radical (unpaired) electrons. The van der Waals surface area contributed by atoms with E-state index in [1.807, 2.05) is 65.2 Å². The maximum Gasteiger partial charge on any atom is 0.338 e. The van der Waals surface area contributed by atoms with E-state index in [0.717, 1.165) is 27.9 Å². The molecule has 0 aliphatic carbocycles. The number of methoxy groups -OCH3 is 1. The Morgan fingerprint density at radius 1 is 1.06 bits per heavy atom. The molecule has 0 spiro atoms. The zero-order valence-corrected chi connectivity index (χ0v) is 18.3. The summed E-state index contributed by atoms with van der Waals surface area (Å²) in [5, 5.41) is 13.3. The van der Waals surface area contributed by atoms with E-state index in [1.54, 1.807) is 26.2 Å². The van der Waals surface area contributed by atoms with Gasteiger partial charge in [0.25, 0.3) is 0 Å². The lowest BCUT2D eigenvalue weighted by Crippen LogP contribution is -2.29. The number of nitrogens with one attached hydrogen (secondary N) is 1. The topological polar surface area (TPSA) is 85.6 Å². The molecule has 7 heteroatoms. The molecule has 1 atom stereocenters. The van der Waals surface area contributed by atoms with E-state index in [0.29, 0.717) is 17.2 Å². The van der Waals surface area contributed by atoms with Crippen molar-refractivity contribution >= 4 is 28.6 Å². The Bertz CT molecular complexity index is 1350. The molecule has 0 bridgehead atoms. The number of carbonyl (C=O) groups excluding carboxylic acids is 1. The van der Waals surface area contributed by atoms with Gasteiger partial charge in [0.05, 0.1) is 42.1 Å². The smallest absolute Gasteiger partial charge is 0.338 e. The van der Waals surface area contributed by atoms with Crippen molar-refractivity contribution in [2.24, 2.45) is 0 Å². The third-order valence-corrected chi connectivity index (χ3v) is 5.72. The number of rotatable bonds is 5. The van der Waals surface area contributed by atoms with Crippen molar-refractivity contribution in [2.75, 3.05) is 19.0 Å². The molecule has 0 saturated carbocycles. The van der Waals surface area contributed by atoms with E-state index in [1.165, 1.54) is 0 Å². The number of hydrogen-bond acceptors (Lipinski definition) is 6. The average Bonchev–Trinajstić information content (AvgIpc) is 3.22. The molecular weight excluding hydrogens is 418 g/mol. The molecule has 4 aromatic rings. The zero-order chi connectivity index (χ0) is 22.9. The normalized spacial score (nSPS) is 15.2. The van der Waals surface area contributed by atoms with Gasteiger partial charge in [0.1, 0.15) is 11.5 Å². The third-order valence-electron chi connectivity index (χ3n) is 5.72. The first-order valence-electron chi connectivity index (χ1n) is 10.7. The van der Waals surface area contributed by atoms with Gasteiger partial charge < -0.3 is 19.9 Å². The molecule has 33 heavy (non-hydrogen) atoms. The highest BCUT2D eigenvalue weighted by Gasteiger charge is 2.36. The van der Waals surface area contributed by atoms with Crippen LogP contribution in [0.1, 0.15) is 24.1 Å². The fourth-order valence-corrected chi connectivity index (χ4v) is 4.22. The number of nitrogens with zero attached hydrogens (tertiary/aromatic N) is 2. The standard InChI is InChI=1S/C26H23N3O4/c1-3-33-25(31)22-23(16-10-14-19(32-2)15-11-16)28-26-27-20-6-4-5-7-21(20)29(26)24(22)17-8-12-18(30)13-9-17/h4-15,24,30H,3H2,1-2H3,(H,27,28). The maximum absolute atomic E-state index is 13.4. The molecule has 1 aromatic heterocycles. The lowest BCUT2D eigenvalue weighted by Gasteiger charge is -2.31. The molecule has 0 amide bonds. The number of anilines is 1. The van der Waals surface area contributed by atoms with Crippen LogP contribution in [0.4, 0.5) is 5.95 Å². The molecule has 3 aromatic carbocycles. The highest BCUT2D eigenvalue weighted by atomic mass is 16.5. The number of fused-ring (bicyclic) bond motifs is 3. The van der Waals surface area contributed by atoms with Crippen LogP contribution < -0.4 is 10.1 Å². The highest BCUT2D eigenvalue weighted by Crippen LogP contribution is 2.42. The monoisotopic (exact) mass is 441 g/mol. The predicted molar refractivity (Wildman–Crippen MR) is 126 cm³/mol. The number of hydrogen-bond donors (Lipinski definition) is 2. The zero-order valence-electron chi connectivity index (χ0n) is 18.3. The predicted octanol–water partition coefficient (Wildman–Crippen LogP) is 4.74. The molecule has 1 unspecified atom stereocenters. The second-order valence-corrected chi connectivity index (χ2v) is 7.65. The number of phenols is 1. The van der Waals surface area contributed by atoms with E-state index >= 15 is 0 Å². The number of aromatic hydroxyl groups is 1. The van der Waals surface area contributed by atoms with E-state index < -0.39 is 12.0 Å². The van der Waals surface area contributed by atoms with Crippen molar-refractivity contribution in [3.8, 4) is 11.5 Å². The molecule has 5 rings (SSSR count). The summed E-state index contributed by atoms with van der Waals surface area (Å²) in [6.45, 7) is 2.04. The minimum atomic E-state index is -0.509. The first kappa shape index (κ1) is 20.6. The number of phenolic OH excluding ortho intramolecular Hbond substituents is 1. The average molecular weight is 441 g/mol. The minimum Gasteiger partial charge on any atom is -0.508 e. The molecular formula is C26H23N3O4. The van der Waals surface area contributed by atoms with Gasteiger partial charge in [0.15, 0.2) is 0 Å². The summed E-state index contributed by atoms with van der Waals surface area (Å²) in [5.74, 6) is 1.07. The Morgan fingerprint density at radius 3 is 2.48 bits per heavy atom. The van der Waals surface area contributed by atoms with Gasteiger partial charge in [-0.2, -0.15) is 0 Å². The van der Waals surface area contributed by atoms with Gasteiger partial charge >= 0.3 is 5.97 Å². The largest absolute Gasteiger partial charge is 0.508 e. The Labute approximate surface area is 190 Å². The number of carbonyl (C=O) groups is 1. The van der Waals surface area contributed by atoms with Gasteiger partial charge in [0, 0.05) is 0 Å². The van der Waals surface area contributed by atoms with Crippen LogP contribution in [0.5, 0.6) is 11.5 Å². The van der Waals surface area contributed by atoms with Gasteiger partial charge in [-0.05, 0) is 66.6 Å². The minimum absolute atomic E-state index is 0.153. The number of benzene rings is 3. The summed E-state index contributed by atoms with van der Waals surface area (Å²) < 4.78 is 12.8. The van der Waals surface area contributed by atoms with E-state index in [-0.39, 0.29) is 12.4 Å². The van der Waals surface area contributed by atoms with Crippen molar-refractivity contribution in [1.82, 2.24) is 9.55 Å². The summed E-state index contributed by atoms with van der Waals surface area (Å²) >= 11 is 0. The van der Waals surface area contributed by atoms with Crippen LogP contribution in [-0.2, 0) is 9.53 Å². The fraction of sp³-hybridized carbons (Fsp3) is 0.154. The first-order chi connectivity index (χ1) is 16.1. The van der Waals surface area contributed by atoms with Gasteiger partial charge in [0.2, 0.25) is 5.95 Å². The van der Waals surface area contributed by atoms with Crippen molar-refractivity contribution in [3.63, 3.8) is 0 Å². The molecule has 2 heterocycles. The summed E-state index contributed by atoms with van der Waals surface area (Å²) in [6.07, 6.45) is 0. The van der Waals surface area contributed by atoms with Gasteiger partial charge in [-0.15, -0.1) is 0 Å². The van der Waals surface area contributed by atoms with Crippen LogP contribution >= 0.6 is 0 Å². The van der Waals surface area contributed by atoms with Gasteiger partial charge in [-0.25, -0.2) is 9.78 Å². The number of para-hydroxylation sites is 2. The van der Waals surface area contributed by atoms with E-state index in [4.69, 9.17) is 14.5 Å². The van der Waals surface area contributed by atoms with Crippen molar-refractivity contribution < 1.29 is 19.4 Å². The Morgan fingerprint density at radius 2 is 1.79 bits per heavy atom. The summed E-state index contributed by atoms with van der Waals surface area (Å²) in [4.78, 5) is 18.2. The first-order valence-corrected chi connectivity index (χ1v) is 10.7. The van der Waals surface area contributed by atoms with E-state index in [9.17, 15) is 9.90 Å². The SMILES string of the molecule is CCOC(=O)C1=C(c2ccc(OC)cc2)Nc2nc3ccccc3n2C1c1ccc(O)cc1. The molecule has 1 aliphatic heterocycles. The third kappa shape index (κ3) is 3.57. The number of esters is 1. The Balaban J connectivity index is 1.80. The molecule has 166 valence electrons. The molecule has 0 fully saturated rings. The van der Waals surface area contributed by atoms with Gasteiger partial charge in [-0.3, -0.25) is 4.57 Å². The quantitative estimate of drug-likeness (QED) is 0.435. The summed E-state index contributed by atoms with van der Waals surface area (Å²) in [5.41, 5.74) is 4.41. The van der Waals surface area contributed by atoms with Crippen LogP contribution in [-0.4, -0.2) is 34.3 Å². The molecule has 7 nitrogen and oxygen atoms in total. The summed E-state index contributed by atoms with van der Waals surface area (Å²) in [6, 6.07) is 21.6. The molecule has 1 aliphatic rings.